The molecule has 0 spiro atoms. The summed E-state index contributed by atoms with van der Waals surface area (Å²) in [6, 6.07) is 8.25. The number of hydrogen-bond acceptors (Lipinski definition) is 3. The highest BCUT2D eigenvalue weighted by atomic mass is 35.5. The van der Waals surface area contributed by atoms with E-state index >= 15 is 0 Å². The van der Waals surface area contributed by atoms with Crippen LogP contribution in [0.5, 0.6) is 0 Å². The van der Waals surface area contributed by atoms with Gasteiger partial charge in [0.2, 0.25) is 0 Å². The van der Waals surface area contributed by atoms with Gasteiger partial charge in [0.05, 0.1) is 5.69 Å². The van der Waals surface area contributed by atoms with Gasteiger partial charge in [-0.15, -0.1) is 5.10 Å². The normalized spacial score (nSPS) is 12.6. The Morgan fingerprint density at radius 2 is 2.11 bits per heavy atom. The average Bonchev–Trinajstić information content (AvgIpc) is 2.76. The van der Waals surface area contributed by atoms with Crippen LogP contribution < -0.4 is 5.32 Å². The zero-order chi connectivity index (χ0) is 13.0. The van der Waals surface area contributed by atoms with Crippen molar-refractivity contribution in [3.63, 3.8) is 0 Å². The number of benzene rings is 1. The number of aromatic nitrogens is 3. The van der Waals surface area contributed by atoms with E-state index < -0.39 is 0 Å². The van der Waals surface area contributed by atoms with Crippen molar-refractivity contribution in [1.82, 2.24) is 20.3 Å². The van der Waals surface area contributed by atoms with E-state index in [-0.39, 0.29) is 0 Å². The van der Waals surface area contributed by atoms with Gasteiger partial charge < -0.3 is 5.32 Å². The van der Waals surface area contributed by atoms with Crippen LogP contribution in [0.15, 0.2) is 30.5 Å². The third kappa shape index (κ3) is 3.31. The topological polar surface area (TPSA) is 42.7 Å². The number of nitrogens with one attached hydrogen (secondary N) is 1. The first-order valence-electron chi connectivity index (χ1n) is 5.95. The zero-order valence-corrected chi connectivity index (χ0v) is 11.4. The summed E-state index contributed by atoms with van der Waals surface area (Å²) in [5.41, 5.74) is 2.14. The lowest BCUT2D eigenvalue weighted by molar-refractivity contribution is 0.549. The standard InChI is InChI=1S/C13H17ClN4/c1-15-11(8-12-9-18(2)17-16-12)7-10-5-3-4-6-13(10)14/h3-6,9,11,15H,7-8H2,1-2H3. The molecule has 0 amide bonds. The van der Waals surface area contributed by atoms with E-state index in [4.69, 9.17) is 11.6 Å². The van der Waals surface area contributed by atoms with Crippen molar-refractivity contribution in [2.75, 3.05) is 7.05 Å². The van der Waals surface area contributed by atoms with Crippen molar-refractivity contribution in [3.05, 3.63) is 46.7 Å². The van der Waals surface area contributed by atoms with Gasteiger partial charge in [-0.3, -0.25) is 4.68 Å². The molecule has 1 unspecified atom stereocenters. The second kappa shape index (κ2) is 5.98. The van der Waals surface area contributed by atoms with E-state index in [2.05, 4.69) is 21.7 Å². The fraction of sp³-hybridized carbons (Fsp3) is 0.385. The number of hydrogen-bond donors (Lipinski definition) is 1. The largest absolute Gasteiger partial charge is 0.316 e. The Morgan fingerprint density at radius 1 is 1.33 bits per heavy atom. The predicted molar refractivity (Wildman–Crippen MR) is 72.7 cm³/mol. The molecule has 0 radical (unpaired) electrons. The maximum Gasteiger partial charge on any atom is 0.0842 e. The Balaban J connectivity index is 2.04. The highest BCUT2D eigenvalue weighted by Gasteiger charge is 2.12. The van der Waals surface area contributed by atoms with Crippen LogP contribution in [0, 0.1) is 0 Å². The summed E-state index contributed by atoms with van der Waals surface area (Å²) in [6.45, 7) is 0. The molecule has 5 heteroatoms. The molecule has 1 aromatic carbocycles. The molecule has 1 N–H and O–H groups in total. The van der Waals surface area contributed by atoms with Crippen molar-refractivity contribution in [2.24, 2.45) is 7.05 Å². The summed E-state index contributed by atoms with van der Waals surface area (Å²) < 4.78 is 1.72. The number of rotatable bonds is 5. The molecular formula is C13H17ClN4. The summed E-state index contributed by atoms with van der Waals surface area (Å²) in [7, 11) is 3.83. The Bertz CT molecular complexity index is 509. The molecule has 1 aromatic heterocycles. The van der Waals surface area contributed by atoms with E-state index in [9.17, 15) is 0 Å². The smallest absolute Gasteiger partial charge is 0.0842 e. The molecule has 0 bridgehead atoms. The molecule has 1 atom stereocenters. The lowest BCUT2D eigenvalue weighted by Crippen LogP contribution is -2.30. The van der Waals surface area contributed by atoms with E-state index in [0.29, 0.717) is 6.04 Å². The van der Waals surface area contributed by atoms with Gasteiger partial charge in [0, 0.05) is 30.7 Å². The van der Waals surface area contributed by atoms with Crippen LogP contribution in [0.25, 0.3) is 0 Å². The number of aryl methyl sites for hydroxylation is 1. The molecular weight excluding hydrogens is 248 g/mol. The quantitative estimate of drug-likeness (QED) is 0.896. The second-order valence-corrected chi connectivity index (χ2v) is 4.78. The van der Waals surface area contributed by atoms with Crippen molar-refractivity contribution in [2.45, 2.75) is 18.9 Å². The number of nitrogens with zero attached hydrogens (tertiary/aromatic N) is 3. The van der Waals surface area contributed by atoms with Gasteiger partial charge in [-0.05, 0) is 25.1 Å². The van der Waals surface area contributed by atoms with E-state index in [1.54, 1.807) is 4.68 Å². The lowest BCUT2D eigenvalue weighted by atomic mass is 10.0. The van der Waals surface area contributed by atoms with E-state index in [1.165, 1.54) is 0 Å². The molecule has 0 aliphatic heterocycles. The average molecular weight is 265 g/mol. The molecule has 0 saturated heterocycles. The van der Waals surface area contributed by atoms with Crippen molar-refractivity contribution >= 4 is 11.6 Å². The summed E-state index contributed by atoms with van der Waals surface area (Å²) in [5, 5.41) is 12.2. The van der Waals surface area contributed by atoms with Gasteiger partial charge in [-0.2, -0.15) is 0 Å². The molecule has 96 valence electrons. The van der Waals surface area contributed by atoms with Crippen LogP contribution >= 0.6 is 11.6 Å². The Kier molecular flexibility index (Phi) is 4.33. The van der Waals surface area contributed by atoms with Gasteiger partial charge in [0.1, 0.15) is 0 Å². The van der Waals surface area contributed by atoms with Crippen molar-refractivity contribution in [1.29, 1.82) is 0 Å². The van der Waals surface area contributed by atoms with E-state index in [0.717, 1.165) is 29.1 Å². The highest BCUT2D eigenvalue weighted by molar-refractivity contribution is 6.31. The molecule has 18 heavy (non-hydrogen) atoms. The molecule has 2 aromatic rings. The second-order valence-electron chi connectivity index (χ2n) is 4.37. The number of halogens is 1. The van der Waals surface area contributed by atoms with Gasteiger partial charge in [0.15, 0.2) is 0 Å². The summed E-state index contributed by atoms with van der Waals surface area (Å²) in [5.74, 6) is 0. The first-order valence-corrected chi connectivity index (χ1v) is 6.32. The Labute approximate surface area is 112 Å². The molecule has 2 rings (SSSR count). The maximum absolute atomic E-state index is 6.17. The predicted octanol–water partition coefficient (Wildman–Crippen LogP) is 1.84. The Morgan fingerprint density at radius 3 is 2.72 bits per heavy atom. The van der Waals surface area contributed by atoms with Crippen LogP contribution in [0.2, 0.25) is 5.02 Å². The summed E-state index contributed by atoms with van der Waals surface area (Å²) in [4.78, 5) is 0. The third-order valence-corrected chi connectivity index (χ3v) is 3.31. The van der Waals surface area contributed by atoms with Crippen LogP contribution in [0.3, 0.4) is 0 Å². The van der Waals surface area contributed by atoms with Gasteiger partial charge >= 0.3 is 0 Å². The minimum atomic E-state index is 0.307. The molecule has 0 aliphatic rings. The van der Waals surface area contributed by atoms with Crippen LogP contribution in [-0.2, 0) is 19.9 Å². The SMILES string of the molecule is CNC(Cc1cn(C)nn1)Cc1ccccc1Cl. The van der Waals surface area contributed by atoms with Crippen LogP contribution in [-0.4, -0.2) is 28.1 Å². The van der Waals surface area contributed by atoms with Gasteiger partial charge in [0.25, 0.3) is 0 Å². The molecule has 0 saturated carbocycles. The molecule has 0 fully saturated rings. The fourth-order valence-corrected chi connectivity index (χ4v) is 2.16. The maximum atomic E-state index is 6.17. The van der Waals surface area contributed by atoms with Crippen LogP contribution in [0.1, 0.15) is 11.3 Å². The summed E-state index contributed by atoms with van der Waals surface area (Å²) >= 11 is 6.17. The first kappa shape index (κ1) is 13.1. The monoisotopic (exact) mass is 264 g/mol. The highest BCUT2D eigenvalue weighted by Crippen LogP contribution is 2.17. The summed E-state index contributed by atoms with van der Waals surface area (Å²) in [6.07, 6.45) is 3.67. The van der Waals surface area contributed by atoms with Gasteiger partial charge in [-0.1, -0.05) is 35.0 Å². The Hall–Kier alpha value is -1.39. The minimum absolute atomic E-state index is 0.307. The first-order chi connectivity index (χ1) is 8.69. The zero-order valence-electron chi connectivity index (χ0n) is 10.6. The molecule has 4 nitrogen and oxygen atoms in total. The van der Waals surface area contributed by atoms with Crippen LogP contribution in [0.4, 0.5) is 0 Å². The lowest BCUT2D eigenvalue weighted by Gasteiger charge is -2.15. The molecule has 1 heterocycles. The van der Waals surface area contributed by atoms with Gasteiger partial charge in [-0.25, -0.2) is 0 Å². The number of likely N-dealkylation sites (N-methyl/N-ethyl adjacent to an activating group) is 1. The van der Waals surface area contributed by atoms with E-state index in [1.807, 2.05) is 38.5 Å². The fourth-order valence-electron chi connectivity index (χ4n) is 1.95. The van der Waals surface area contributed by atoms with Crippen molar-refractivity contribution in [3.8, 4) is 0 Å². The van der Waals surface area contributed by atoms with Crippen molar-refractivity contribution < 1.29 is 0 Å². The minimum Gasteiger partial charge on any atom is -0.316 e. The molecule has 0 aliphatic carbocycles. The third-order valence-electron chi connectivity index (χ3n) is 2.94.